The number of benzene rings is 3. The molecule has 0 aliphatic rings. The number of nitrogens with one attached hydrogen (secondary N) is 1. The van der Waals surface area contributed by atoms with Gasteiger partial charge in [-0.2, -0.15) is 8.75 Å². The standard InChI is InChI=1S/C21H14N4O2S/c26-21-16-3-1-2-4-17(16)22-20(23-21)14-6-8-15(9-7-14)27-12-13-5-10-18-19(11-13)25-28-24-18/h1-11H,12H2,(H,22,23,26). The molecule has 136 valence electrons. The van der Waals surface area contributed by atoms with Crippen molar-refractivity contribution in [3.05, 3.63) is 82.6 Å². The Kier molecular flexibility index (Phi) is 4.06. The van der Waals surface area contributed by atoms with Gasteiger partial charge in [0.15, 0.2) is 0 Å². The van der Waals surface area contributed by atoms with E-state index in [0.717, 1.165) is 27.9 Å². The van der Waals surface area contributed by atoms with E-state index in [9.17, 15) is 4.79 Å². The number of hydrogen-bond acceptors (Lipinski definition) is 6. The van der Waals surface area contributed by atoms with Crippen LogP contribution in [0.5, 0.6) is 5.75 Å². The second-order valence-electron chi connectivity index (χ2n) is 6.33. The summed E-state index contributed by atoms with van der Waals surface area (Å²) in [6.45, 7) is 0.442. The monoisotopic (exact) mass is 386 g/mol. The van der Waals surface area contributed by atoms with Crippen LogP contribution in [-0.4, -0.2) is 18.7 Å². The van der Waals surface area contributed by atoms with Gasteiger partial charge in [0.05, 0.1) is 22.6 Å². The number of ether oxygens (including phenoxy) is 1. The zero-order valence-electron chi connectivity index (χ0n) is 14.6. The largest absolute Gasteiger partial charge is 0.489 e. The van der Waals surface area contributed by atoms with Crippen LogP contribution in [0.2, 0.25) is 0 Å². The van der Waals surface area contributed by atoms with Gasteiger partial charge in [-0.1, -0.05) is 18.2 Å². The molecule has 0 radical (unpaired) electrons. The number of para-hydroxylation sites is 1. The summed E-state index contributed by atoms with van der Waals surface area (Å²) in [7, 11) is 0. The van der Waals surface area contributed by atoms with E-state index in [1.54, 1.807) is 6.07 Å². The summed E-state index contributed by atoms with van der Waals surface area (Å²) in [4.78, 5) is 19.6. The lowest BCUT2D eigenvalue weighted by molar-refractivity contribution is 0.306. The number of H-pyrrole nitrogens is 1. The highest BCUT2D eigenvalue weighted by Crippen LogP contribution is 2.21. The second-order valence-corrected chi connectivity index (χ2v) is 6.86. The van der Waals surface area contributed by atoms with Crippen LogP contribution in [0.1, 0.15) is 5.56 Å². The van der Waals surface area contributed by atoms with Crippen molar-refractivity contribution in [1.82, 2.24) is 18.7 Å². The molecule has 6 nitrogen and oxygen atoms in total. The van der Waals surface area contributed by atoms with Crippen molar-refractivity contribution in [3.63, 3.8) is 0 Å². The van der Waals surface area contributed by atoms with Gasteiger partial charge in [-0.05, 0) is 54.1 Å². The third kappa shape index (κ3) is 3.12. The highest BCUT2D eigenvalue weighted by atomic mass is 32.1. The van der Waals surface area contributed by atoms with Gasteiger partial charge in [0.25, 0.3) is 5.56 Å². The Morgan fingerprint density at radius 1 is 0.893 bits per heavy atom. The Morgan fingerprint density at radius 3 is 2.61 bits per heavy atom. The first-order chi connectivity index (χ1) is 13.8. The minimum Gasteiger partial charge on any atom is -0.489 e. The summed E-state index contributed by atoms with van der Waals surface area (Å²) >= 11 is 1.21. The molecule has 5 aromatic rings. The molecule has 2 aromatic heterocycles. The first-order valence-corrected chi connectivity index (χ1v) is 9.43. The molecule has 0 aliphatic heterocycles. The fourth-order valence-electron chi connectivity index (χ4n) is 3.02. The molecule has 0 fully saturated rings. The zero-order chi connectivity index (χ0) is 18.9. The molecule has 28 heavy (non-hydrogen) atoms. The highest BCUT2D eigenvalue weighted by molar-refractivity contribution is 7.00. The van der Waals surface area contributed by atoms with E-state index in [1.165, 1.54) is 11.7 Å². The minimum atomic E-state index is -0.146. The zero-order valence-corrected chi connectivity index (χ0v) is 15.4. The SMILES string of the molecule is O=c1[nH]c(-c2ccc(OCc3ccc4nsnc4c3)cc2)nc2ccccc12. The van der Waals surface area contributed by atoms with Crippen LogP contribution < -0.4 is 10.3 Å². The molecule has 0 atom stereocenters. The summed E-state index contributed by atoms with van der Waals surface area (Å²) in [5, 5.41) is 0.582. The van der Waals surface area contributed by atoms with Gasteiger partial charge in [0, 0.05) is 5.56 Å². The lowest BCUT2D eigenvalue weighted by atomic mass is 10.2. The van der Waals surface area contributed by atoms with Crippen molar-refractivity contribution in [2.75, 3.05) is 0 Å². The van der Waals surface area contributed by atoms with Crippen molar-refractivity contribution >= 4 is 33.7 Å². The molecule has 0 spiro atoms. The molecule has 0 aliphatic carbocycles. The average Bonchev–Trinajstić information content (AvgIpc) is 3.20. The van der Waals surface area contributed by atoms with E-state index < -0.39 is 0 Å². The van der Waals surface area contributed by atoms with E-state index in [-0.39, 0.29) is 5.56 Å². The Hall–Kier alpha value is -3.58. The van der Waals surface area contributed by atoms with Gasteiger partial charge in [0.1, 0.15) is 29.2 Å². The lowest BCUT2D eigenvalue weighted by Crippen LogP contribution is -2.09. The van der Waals surface area contributed by atoms with Crippen molar-refractivity contribution < 1.29 is 4.74 Å². The first kappa shape index (κ1) is 16.6. The molecule has 0 saturated heterocycles. The molecule has 2 heterocycles. The van der Waals surface area contributed by atoms with Crippen LogP contribution in [0.25, 0.3) is 33.3 Å². The molecule has 0 saturated carbocycles. The van der Waals surface area contributed by atoms with Crippen molar-refractivity contribution in [3.8, 4) is 17.1 Å². The molecule has 5 rings (SSSR count). The number of nitrogens with zero attached hydrogens (tertiary/aromatic N) is 3. The molecule has 7 heteroatoms. The quantitative estimate of drug-likeness (QED) is 0.501. The minimum absolute atomic E-state index is 0.146. The third-order valence-electron chi connectivity index (χ3n) is 4.46. The van der Waals surface area contributed by atoms with Crippen LogP contribution in [0, 0.1) is 0 Å². The first-order valence-electron chi connectivity index (χ1n) is 8.70. The van der Waals surface area contributed by atoms with Gasteiger partial charge in [-0.15, -0.1) is 0 Å². The fourth-order valence-corrected chi connectivity index (χ4v) is 3.53. The number of aromatic amines is 1. The maximum Gasteiger partial charge on any atom is 0.259 e. The van der Waals surface area contributed by atoms with Crippen LogP contribution in [0.4, 0.5) is 0 Å². The van der Waals surface area contributed by atoms with E-state index >= 15 is 0 Å². The van der Waals surface area contributed by atoms with E-state index in [0.29, 0.717) is 23.3 Å². The number of hydrogen-bond donors (Lipinski definition) is 1. The Morgan fingerprint density at radius 2 is 1.71 bits per heavy atom. The number of aromatic nitrogens is 4. The van der Waals surface area contributed by atoms with Gasteiger partial charge < -0.3 is 9.72 Å². The Balaban J connectivity index is 1.36. The number of rotatable bonds is 4. The maximum atomic E-state index is 12.2. The third-order valence-corrected chi connectivity index (χ3v) is 5.02. The smallest absolute Gasteiger partial charge is 0.259 e. The van der Waals surface area contributed by atoms with Gasteiger partial charge in [0.2, 0.25) is 0 Å². The highest BCUT2D eigenvalue weighted by Gasteiger charge is 2.06. The summed E-state index contributed by atoms with van der Waals surface area (Å²) < 4.78 is 14.3. The second kappa shape index (κ2) is 6.86. The summed E-state index contributed by atoms with van der Waals surface area (Å²) in [6, 6.07) is 20.7. The molecule has 0 unspecified atom stereocenters. The molecule has 1 N–H and O–H groups in total. The molecule has 0 bridgehead atoms. The van der Waals surface area contributed by atoms with E-state index in [4.69, 9.17) is 4.74 Å². The molecular formula is C21H14N4O2S. The predicted molar refractivity (Wildman–Crippen MR) is 110 cm³/mol. The Labute approximate surface area is 163 Å². The Bertz CT molecular complexity index is 1340. The van der Waals surface area contributed by atoms with E-state index in [2.05, 4.69) is 18.7 Å². The molecular weight excluding hydrogens is 372 g/mol. The fraction of sp³-hybridized carbons (Fsp3) is 0.0476. The predicted octanol–water partition coefficient (Wildman–Crippen LogP) is 4.17. The lowest BCUT2D eigenvalue weighted by Gasteiger charge is -2.08. The van der Waals surface area contributed by atoms with Crippen LogP contribution in [0.15, 0.2) is 71.5 Å². The van der Waals surface area contributed by atoms with Crippen molar-refractivity contribution in [1.29, 1.82) is 0 Å². The van der Waals surface area contributed by atoms with Crippen LogP contribution >= 0.6 is 11.7 Å². The molecule has 3 aromatic carbocycles. The summed E-state index contributed by atoms with van der Waals surface area (Å²) in [5.74, 6) is 1.28. The van der Waals surface area contributed by atoms with Gasteiger partial charge in [-0.3, -0.25) is 4.79 Å². The van der Waals surface area contributed by atoms with Crippen molar-refractivity contribution in [2.24, 2.45) is 0 Å². The van der Waals surface area contributed by atoms with E-state index in [1.807, 2.05) is 60.7 Å². The summed E-state index contributed by atoms with van der Waals surface area (Å²) in [5.41, 5.74) is 4.17. The van der Waals surface area contributed by atoms with Crippen LogP contribution in [0.3, 0.4) is 0 Å². The van der Waals surface area contributed by atoms with Gasteiger partial charge >= 0.3 is 0 Å². The molecule has 0 amide bonds. The number of fused-ring (bicyclic) bond motifs is 2. The average molecular weight is 386 g/mol. The topological polar surface area (TPSA) is 80.8 Å². The van der Waals surface area contributed by atoms with Crippen molar-refractivity contribution in [2.45, 2.75) is 6.61 Å². The van der Waals surface area contributed by atoms with Gasteiger partial charge in [-0.25, -0.2) is 4.98 Å². The summed E-state index contributed by atoms with van der Waals surface area (Å²) in [6.07, 6.45) is 0. The normalized spacial score (nSPS) is 11.1. The maximum absolute atomic E-state index is 12.2. The van der Waals surface area contributed by atoms with Crippen LogP contribution in [-0.2, 0) is 6.61 Å².